The molecule has 0 aromatic heterocycles. The summed E-state index contributed by atoms with van der Waals surface area (Å²) in [6.07, 6.45) is 4.79. The molecule has 8 heteroatoms. The Kier molecular flexibility index (Phi) is 22.8. The fraction of sp³-hybridized carbons (Fsp3) is 0.625. The van der Waals surface area contributed by atoms with E-state index in [9.17, 15) is 9.59 Å². The van der Waals surface area contributed by atoms with Crippen LogP contribution in [0.2, 0.25) is 0 Å². The molecule has 1 aliphatic heterocycles. The Balaban J connectivity index is -0.000000133. The molecule has 0 aromatic carbocycles. The monoisotopic (exact) mass is 348 g/mol. The number of esters is 1. The average molecular weight is 348 g/mol. The average Bonchev–Trinajstić information content (AvgIpc) is 2.87. The topological polar surface area (TPSA) is 101 Å². The number of hydrogen-bond acceptors (Lipinski definition) is 6. The van der Waals surface area contributed by atoms with Gasteiger partial charge in [0.15, 0.2) is 0 Å². The Labute approximate surface area is 167 Å². The molecule has 0 aromatic rings. The van der Waals surface area contributed by atoms with Crippen molar-refractivity contribution in [1.29, 1.82) is 5.26 Å². The van der Waals surface area contributed by atoms with Crippen LogP contribution in [0.5, 0.6) is 0 Å². The fourth-order valence-electron chi connectivity index (χ4n) is 1.28. The SMILES string of the molecule is C/C=C/C#N.CCCCOC(=O)CO.[C-]#[N+]C1C(=O)COC1C.[H-].[Na+]. The third-order valence-corrected chi connectivity index (χ3v) is 2.53. The minimum absolute atomic E-state index is 0. The van der Waals surface area contributed by atoms with E-state index in [2.05, 4.69) is 9.58 Å². The van der Waals surface area contributed by atoms with E-state index in [0.29, 0.717) is 6.61 Å². The molecule has 0 spiro atoms. The van der Waals surface area contributed by atoms with Crippen LogP contribution < -0.4 is 29.6 Å². The number of ketones is 1. The Hall–Kier alpha value is -1.22. The van der Waals surface area contributed by atoms with Crippen LogP contribution in [-0.2, 0) is 19.1 Å². The van der Waals surface area contributed by atoms with Gasteiger partial charge in [0.25, 0.3) is 0 Å². The maximum Gasteiger partial charge on any atom is 1.00 e. The summed E-state index contributed by atoms with van der Waals surface area (Å²) in [7, 11) is 0. The van der Waals surface area contributed by atoms with Crippen LogP contribution in [0, 0.1) is 17.9 Å². The molecule has 0 saturated carbocycles. The number of allylic oxidation sites excluding steroid dienone is 2. The molecule has 1 rings (SSSR count). The van der Waals surface area contributed by atoms with Crippen molar-refractivity contribution in [2.45, 2.75) is 45.8 Å². The molecular weight excluding hydrogens is 323 g/mol. The fourth-order valence-corrected chi connectivity index (χ4v) is 1.28. The summed E-state index contributed by atoms with van der Waals surface area (Å²) in [5, 5.41) is 15.9. The number of nitriles is 1. The predicted octanol–water partition coefficient (Wildman–Crippen LogP) is -1.21. The van der Waals surface area contributed by atoms with Gasteiger partial charge in [-0.15, -0.1) is 0 Å². The molecule has 7 nitrogen and oxygen atoms in total. The summed E-state index contributed by atoms with van der Waals surface area (Å²) in [6, 6.07) is 1.30. The van der Waals surface area contributed by atoms with Gasteiger partial charge in [-0.2, -0.15) is 5.26 Å². The quantitative estimate of drug-likeness (QED) is 0.225. The van der Waals surface area contributed by atoms with Crippen molar-refractivity contribution in [3.8, 4) is 6.07 Å². The normalized spacial score (nSPS) is 18.0. The number of ether oxygens (including phenoxy) is 2. The molecule has 0 aliphatic carbocycles. The third-order valence-electron chi connectivity index (χ3n) is 2.53. The van der Waals surface area contributed by atoms with Crippen LogP contribution in [0.25, 0.3) is 4.85 Å². The first-order chi connectivity index (χ1) is 11.0. The van der Waals surface area contributed by atoms with Crippen LogP contribution in [0.4, 0.5) is 0 Å². The zero-order chi connectivity index (χ0) is 18.1. The maximum absolute atomic E-state index is 10.7. The van der Waals surface area contributed by atoms with Crippen molar-refractivity contribution in [2.24, 2.45) is 0 Å². The first kappa shape index (κ1) is 27.6. The largest absolute Gasteiger partial charge is 1.00 e. The molecule has 1 saturated heterocycles. The van der Waals surface area contributed by atoms with Crippen molar-refractivity contribution < 1.29 is 55.2 Å². The van der Waals surface area contributed by atoms with Crippen LogP contribution in [0.15, 0.2) is 12.2 Å². The van der Waals surface area contributed by atoms with E-state index in [1.54, 1.807) is 13.0 Å². The smallest absolute Gasteiger partial charge is 1.00 e. The Morgan fingerprint density at radius 2 is 2.29 bits per heavy atom. The molecule has 1 heterocycles. The standard InChI is InChI=1S/C6H7NO2.C6H12O3.C4H5N.Na.H/c1-4-6(7-2)5(8)3-9-4;1-2-3-4-9-6(8)5-7;1-2-3-4-5;;/h4,6H,3H2,1H3;7H,2-5H2,1H3;2-3H,1H3;;/q;;;+1;-1/b;;3-2+;;. The zero-order valence-electron chi connectivity index (χ0n) is 15.8. The van der Waals surface area contributed by atoms with Gasteiger partial charge in [0.2, 0.25) is 5.78 Å². The van der Waals surface area contributed by atoms with Gasteiger partial charge in [0.05, 0.1) is 12.7 Å². The van der Waals surface area contributed by atoms with Crippen molar-refractivity contribution in [1.82, 2.24) is 0 Å². The van der Waals surface area contributed by atoms with E-state index < -0.39 is 18.6 Å². The molecule has 2 atom stereocenters. The van der Waals surface area contributed by atoms with Gasteiger partial charge in [-0.05, 0) is 20.3 Å². The predicted molar refractivity (Wildman–Crippen MR) is 85.3 cm³/mol. The molecule has 1 aliphatic rings. The summed E-state index contributed by atoms with van der Waals surface area (Å²) < 4.78 is 9.45. The van der Waals surface area contributed by atoms with Gasteiger partial charge in [-0.25, -0.2) is 11.4 Å². The van der Waals surface area contributed by atoms with E-state index >= 15 is 0 Å². The number of carbonyl (C=O) groups is 2. The second-order valence-electron chi connectivity index (χ2n) is 4.42. The summed E-state index contributed by atoms with van der Waals surface area (Å²) in [5.74, 6) is -0.624. The van der Waals surface area contributed by atoms with Gasteiger partial charge >= 0.3 is 41.6 Å². The van der Waals surface area contributed by atoms with Gasteiger partial charge < -0.3 is 20.9 Å². The second kappa shape index (κ2) is 19.8. The molecule has 0 amide bonds. The van der Waals surface area contributed by atoms with Gasteiger partial charge in [0, 0.05) is 6.08 Å². The molecule has 130 valence electrons. The number of nitrogens with zero attached hydrogens (tertiary/aromatic N) is 2. The Bertz CT molecular complexity index is 460. The number of aliphatic hydroxyl groups excluding tert-OH is 1. The number of unbranched alkanes of at least 4 members (excludes halogenated alkanes) is 1. The van der Waals surface area contributed by atoms with Crippen LogP contribution in [-0.4, -0.2) is 48.8 Å². The second-order valence-corrected chi connectivity index (χ2v) is 4.42. The first-order valence-electron chi connectivity index (χ1n) is 7.26. The number of rotatable bonds is 4. The van der Waals surface area contributed by atoms with E-state index in [1.807, 2.05) is 19.9 Å². The Morgan fingerprint density at radius 1 is 1.67 bits per heavy atom. The number of Topliss-reactive ketones (excluding diaryl/α,β-unsaturated/α-hetero) is 1. The first-order valence-corrected chi connectivity index (χ1v) is 7.26. The van der Waals surface area contributed by atoms with Crippen LogP contribution >= 0.6 is 0 Å². The van der Waals surface area contributed by atoms with Gasteiger partial charge in [-0.3, -0.25) is 4.79 Å². The van der Waals surface area contributed by atoms with Crippen LogP contribution in [0.1, 0.15) is 35.0 Å². The zero-order valence-corrected chi connectivity index (χ0v) is 16.8. The molecule has 2 unspecified atom stereocenters. The number of hydrogen-bond donors (Lipinski definition) is 1. The summed E-state index contributed by atoms with van der Waals surface area (Å²) in [4.78, 5) is 24.0. The van der Waals surface area contributed by atoms with E-state index in [1.165, 1.54) is 6.08 Å². The van der Waals surface area contributed by atoms with E-state index in [4.69, 9.17) is 21.7 Å². The van der Waals surface area contributed by atoms with Crippen molar-refractivity contribution >= 4 is 11.8 Å². The van der Waals surface area contributed by atoms with E-state index in [-0.39, 0.29) is 49.5 Å². The molecular formula is C16H25N2NaO5. The molecule has 24 heavy (non-hydrogen) atoms. The summed E-state index contributed by atoms with van der Waals surface area (Å²) >= 11 is 0. The third kappa shape index (κ3) is 15.7. The van der Waals surface area contributed by atoms with Crippen molar-refractivity contribution in [3.05, 3.63) is 23.6 Å². The minimum atomic E-state index is -0.538. The minimum Gasteiger partial charge on any atom is -1.00 e. The summed E-state index contributed by atoms with van der Waals surface area (Å²) in [5.41, 5.74) is 0. The van der Waals surface area contributed by atoms with Gasteiger partial charge in [-0.1, -0.05) is 19.4 Å². The Morgan fingerprint density at radius 3 is 2.54 bits per heavy atom. The van der Waals surface area contributed by atoms with Crippen LogP contribution in [0.3, 0.4) is 0 Å². The molecule has 0 radical (unpaired) electrons. The number of aliphatic hydroxyl groups is 1. The maximum atomic E-state index is 10.7. The summed E-state index contributed by atoms with van der Waals surface area (Å²) in [6.45, 7) is 12.2. The molecule has 1 N–H and O–H groups in total. The van der Waals surface area contributed by atoms with E-state index in [0.717, 1.165) is 12.8 Å². The van der Waals surface area contributed by atoms with Crippen molar-refractivity contribution in [3.63, 3.8) is 0 Å². The molecule has 0 bridgehead atoms. The van der Waals surface area contributed by atoms with Crippen molar-refractivity contribution in [2.75, 3.05) is 19.8 Å². The van der Waals surface area contributed by atoms with Gasteiger partial charge in [0.1, 0.15) is 19.3 Å². The molecule has 1 fully saturated rings. The number of carbonyl (C=O) groups excluding carboxylic acids is 2.